The minimum absolute atomic E-state index is 0.00766. The molecule has 0 heterocycles. The largest absolute Gasteiger partial charge is 0.756 e. The highest BCUT2D eigenvalue weighted by Crippen LogP contribution is 2.38. The molecular weight excluding hydrogens is 924 g/mol. The number of carbonyl (C=O) groups excluding carboxylic acids is 1. The van der Waals surface area contributed by atoms with E-state index in [1.54, 1.807) is 0 Å². The molecule has 0 aliphatic heterocycles. The fraction of sp³-hybridized carbons (Fsp3) is 0.797. The summed E-state index contributed by atoms with van der Waals surface area (Å²) < 4.78 is 23.5. The molecule has 426 valence electrons. The van der Waals surface area contributed by atoms with Crippen molar-refractivity contribution in [1.29, 1.82) is 0 Å². The van der Waals surface area contributed by atoms with Crippen LogP contribution in [0.4, 0.5) is 0 Å². The van der Waals surface area contributed by atoms with Gasteiger partial charge < -0.3 is 28.8 Å². The lowest BCUT2D eigenvalue weighted by Gasteiger charge is -2.30. The number of rotatable bonds is 56. The van der Waals surface area contributed by atoms with Crippen molar-refractivity contribution >= 4 is 13.7 Å². The molecule has 73 heavy (non-hydrogen) atoms. The van der Waals surface area contributed by atoms with E-state index in [1.807, 2.05) is 21.1 Å². The van der Waals surface area contributed by atoms with Crippen LogP contribution in [0.3, 0.4) is 0 Å². The average molecular weight is 1040 g/mol. The second kappa shape index (κ2) is 54.7. The van der Waals surface area contributed by atoms with Crippen LogP contribution in [-0.2, 0) is 18.4 Å². The number of carbonyl (C=O) groups is 1. The third-order valence-corrected chi connectivity index (χ3v) is 14.7. The summed E-state index contributed by atoms with van der Waals surface area (Å²) in [6.07, 6.45) is 75.1. The smallest absolute Gasteiger partial charge is 0.268 e. The molecule has 8 nitrogen and oxygen atoms in total. The quantitative estimate of drug-likeness (QED) is 0.0272. The molecule has 3 atom stereocenters. The van der Waals surface area contributed by atoms with Crippen molar-refractivity contribution in [2.45, 2.75) is 289 Å². The van der Waals surface area contributed by atoms with Gasteiger partial charge in [-0.2, -0.15) is 0 Å². The Bertz CT molecular complexity index is 1420. The first-order valence-electron chi connectivity index (χ1n) is 30.8. The van der Waals surface area contributed by atoms with Crippen LogP contribution in [0.1, 0.15) is 277 Å². The molecule has 0 radical (unpaired) electrons. The molecule has 0 aromatic rings. The van der Waals surface area contributed by atoms with Gasteiger partial charge in [0.2, 0.25) is 5.91 Å². The van der Waals surface area contributed by atoms with Crippen molar-refractivity contribution in [2.24, 2.45) is 0 Å². The van der Waals surface area contributed by atoms with Crippen LogP contribution < -0.4 is 10.2 Å². The number of unbranched alkanes of at least 4 members (excludes halogenated alkanes) is 31. The Morgan fingerprint density at radius 2 is 0.836 bits per heavy atom. The van der Waals surface area contributed by atoms with E-state index in [-0.39, 0.29) is 19.1 Å². The fourth-order valence-electron chi connectivity index (χ4n) is 8.93. The highest BCUT2D eigenvalue weighted by Gasteiger charge is 2.24. The van der Waals surface area contributed by atoms with E-state index in [4.69, 9.17) is 9.05 Å². The average Bonchev–Trinajstić information content (AvgIpc) is 3.35. The Hall–Kier alpha value is -2.06. The number of phosphoric acid groups is 1. The molecule has 0 fully saturated rings. The zero-order valence-electron chi connectivity index (χ0n) is 48.6. The molecular formula is C64H119N2O6P. The summed E-state index contributed by atoms with van der Waals surface area (Å²) in [5.74, 6) is -0.173. The number of amides is 1. The van der Waals surface area contributed by atoms with Crippen molar-refractivity contribution < 1.29 is 32.9 Å². The van der Waals surface area contributed by atoms with Crippen molar-refractivity contribution in [3.05, 3.63) is 72.9 Å². The highest BCUT2D eigenvalue weighted by atomic mass is 31.2. The topological polar surface area (TPSA) is 108 Å². The number of nitrogens with one attached hydrogen (secondary N) is 1. The van der Waals surface area contributed by atoms with Crippen LogP contribution >= 0.6 is 7.82 Å². The maximum Gasteiger partial charge on any atom is 0.268 e. The minimum Gasteiger partial charge on any atom is -0.756 e. The normalized spacial score (nSPS) is 14.3. The first-order valence-corrected chi connectivity index (χ1v) is 32.2. The number of quaternary nitrogens is 1. The van der Waals surface area contributed by atoms with Crippen LogP contribution in [0.2, 0.25) is 0 Å². The predicted octanol–water partition coefficient (Wildman–Crippen LogP) is 18.4. The summed E-state index contributed by atoms with van der Waals surface area (Å²) in [6, 6.07) is -0.811. The van der Waals surface area contributed by atoms with E-state index in [0.717, 1.165) is 83.5 Å². The molecule has 0 rings (SSSR count). The van der Waals surface area contributed by atoms with Crippen molar-refractivity contribution in [1.82, 2.24) is 5.32 Å². The van der Waals surface area contributed by atoms with Crippen LogP contribution in [-0.4, -0.2) is 68.5 Å². The SMILES string of the molecule is CC/C=C\C/C=C\C/C=C\C/C=C\C/C=C\C/C=C\CCCCCCCCCCC(=O)NC(COP(=O)([O-])OCC[N+](C)(C)C)C(O)CCCCCCCCCCCCCCCCCCCCCCCCCC. The molecule has 0 spiro atoms. The molecule has 1 amide bonds. The molecule has 0 aromatic heterocycles. The molecule has 0 saturated carbocycles. The first-order chi connectivity index (χ1) is 35.5. The molecule has 9 heteroatoms. The molecule has 3 unspecified atom stereocenters. The maximum absolute atomic E-state index is 13.0. The monoisotopic (exact) mass is 1040 g/mol. The van der Waals surface area contributed by atoms with E-state index in [1.165, 1.54) is 167 Å². The van der Waals surface area contributed by atoms with Gasteiger partial charge in [0.1, 0.15) is 13.2 Å². The number of allylic oxidation sites excluding steroid dienone is 12. The predicted molar refractivity (Wildman–Crippen MR) is 316 cm³/mol. The van der Waals surface area contributed by atoms with E-state index in [0.29, 0.717) is 23.9 Å². The highest BCUT2D eigenvalue weighted by molar-refractivity contribution is 7.45. The Labute approximate surface area is 453 Å². The third-order valence-electron chi connectivity index (χ3n) is 13.7. The maximum atomic E-state index is 13.0. The standard InChI is InChI=1S/C64H119N2O6P/c1-6-8-10-12-14-16-18-20-22-24-26-28-30-32-33-34-36-38-40-42-44-46-48-50-52-54-56-58-64(68)65-62(61-72-73(69,70)71-60-59-66(3,4)5)63(67)57-55-53-51-49-47-45-43-41-39-37-35-31-29-27-25-23-21-19-17-15-13-11-9-7-2/h8,10,14,16,20,22,26,28,32-33,36,38,62-63,67H,6-7,9,11-13,15,17-19,21,23-25,27,29-31,34-35,37,39-61H2,1-5H3,(H-,65,68,69,70)/b10-8-,16-14-,22-20-,28-26-,33-32-,38-36-. The second-order valence-corrected chi connectivity index (χ2v) is 23.4. The lowest BCUT2D eigenvalue weighted by atomic mass is 10.0. The first kappa shape index (κ1) is 70.9. The molecule has 0 bridgehead atoms. The van der Waals surface area contributed by atoms with E-state index in [9.17, 15) is 19.4 Å². The van der Waals surface area contributed by atoms with E-state index in [2.05, 4.69) is 92.1 Å². The zero-order chi connectivity index (χ0) is 53.5. The van der Waals surface area contributed by atoms with Crippen molar-refractivity contribution in [3.63, 3.8) is 0 Å². The van der Waals surface area contributed by atoms with Gasteiger partial charge in [-0.05, 0) is 64.2 Å². The van der Waals surface area contributed by atoms with Crippen LogP contribution in [0.5, 0.6) is 0 Å². The summed E-state index contributed by atoms with van der Waals surface area (Å²) in [7, 11) is 1.30. The van der Waals surface area contributed by atoms with Crippen molar-refractivity contribution in [3.8, 4) is 0 Å². The lowest BCUT2D eigenvalue weighted by Crippen LogP contribution is -2.46. The van der Waals surface area contributed by atoms with Gasteiger partial charge in [-0.1, -0.05) is 279 Å². The number of likely N-dealkylation sites (N-methyl/N-ethyl adjacent to an activating group) is 1. The Morgan fingerprint density at radius 1 is 0.493 bits per heavy atom. The Morgan fingerprint density at radius 3 is 1.22 bits per heavy atom. The van der Waals surface area contributed by atoms with Gasteiger partial charge in [-0.25, -0.2) is 0 Å². The number of nitrogens with zero attached hydrogens (tertiary/aromatic N) is 1. The van der Waals surface area contributed by atoms with Gasteiger partial charge in [-0.15, -0.1) is 0 Å². The Kier molecular flexibility index (Phi) is 53.2. The summed E-state index contributed by atoms with van der Waals surface area (Å²) in [5, 5.41) is 14.1. The van der Waals surface area contributed by atoms with Crippen LogP contribution in [0.25, 0.3) is 0 Å². The van der Waals surface area contributed by atoms with Gasteiger partial charge in [0, 0.05) is 6.42 Å². The second-order valence-electron chi connectivity index (χ2n) is 22.0. The summed E-state index contributed by atoms with van der Waals surface area (Å²) >= 11 is 0. The van der Waals surface area contributed by atoms with Gasteiger partial charge in [0.05, 0.1) is 39.9 Å². The van der Waals surface area contributed by atoms with Crippen LogP contribution in [0, 0.1) is 0 Å². The van der Waals surface area contributed by atoms with Crippen LogP contribution in [0.15, 0.2) is 72.9 Å². The summed E-state index contributed by atoms with van der Waals surface area (Å²) in [6.45, 7) is 4.63. The number of aliphatic hydroxyl groups excluding tert-OH is 1. The van der Waals surface area contributed by atoms with Gasteiger partial charge >= 0.3 is 0 Å². The number of aliphatic hydroxyl groups is 1. The van der Waals surface area contributed by atoms with Gasteiger partial charge in [0.25, 0.3) is 7.82 Å². The van der Waals surface area contributed by atoms with Gasteiger partial charge in [0.15, 0.2) is 0 Å². The summed E-state index contributed by atoms with van der Waals surface area (Å²) in [5.41, 5.74) is 0. The molecule has 0 aliphatic carbocycles. The number of hydrogen-bond acceptors (Lipinski definition) is 6. The fourth-order valence-corrected chi connectivity index (χ4v) is 9.65. The number of phosphoric ester groups is 1. The zero-order valence-corrected chi connectivity index (χ0v) is 49.5. The van der Waals surface area contributed by atoms with Crippen molar-refractivity contribution in [2.75, 3.05) is 40.9 Å². The number of hydrogen-bond donors (Lipinski definition) is 2. The molecule has 0 aliphatic rings. The van der Waals surface area contributed by atoms with E-state index >= 15 is 0 Å². The van der Waals surface area contributed by atoms with Gasteiger partial charge in [-0.3, -0.25) is 9.36 Å². The minimum atomic E-state index is -4.58. The third kappa shape index (κ3) is 57.5. The van der Waals surface area contributed by atoms with E-state index < -0.39 is 20.0 Å². The molecule has 2 N–H and O–H groups in total. The summed E-state index contributed by atoms with van der Waals surface area (Å²) in [4.78, 5) is 25.6. The Balaban J connectivity index is 4.17. The molecule has 0 saturated heterocycles. The lowest BCUT2D eigenvalue weighted by molar-refractivity contribution is -0.870. The molecule has 0 aromatic carbocycles.